The van der Waals surface area contributed by atoms with E-state index in [0.717, 1.165) is 38.0 Å². The lowest BCUT2D eigenvalue weighted by molar-refractivity contribution is 0.173. The maximum atomic E-state index is 5.89. The number of para-hydroxylation sites is 1. The summed E-state index contributed by atoms with van der Waals surface area (Å²) in [5.41, 5.74) is 1.89. The first-order valence-electron chi connectivity index (χ1n) is 9.05. The Morgan fingerprint density at radius 1 is 1.00 bits per heavy atom. The molecule has 0 aliphatic carbocycles. The van der Waals surface area contributed by atoms with Gasteiger partial charge in [0.25, 0.3) is 0 Å². The highest BCUT2D eigenvalue weighted by atomic mass is 32.1. The first-order chi connectivity index (χ1) is 14.3. The predicted molar refractivity (Wildman–Crippen MR) is 108 cm³/mol. The number of benzene rings is 2. The van der Waals surface area contributed by atoms with Gasteiger partial charge in [0.2, 0.25) is 11.8 Å². The topological polar surface area (TPSA) is 70.8 Å². The molecule has 0 amide bonds. The van der Waals surface area contributed by atoms with Crippen LogP contribution >= 0.6 is 11.3 Å². The van der Waals surface area contributed by atoms with Crippen molar-refractivity contribution in [1.82, 2.24) is 19.6 Å². The van der Waals surface area contributed by atoms with Gasteiger partial charge in [-0.15, -0.1) is 10.2 Å². The monoisotopic (exact) mass is 402 g/mol. The average Bonchev–Trinajstić information content (AvgIpc) is 3.47. The van der Waals surface area contributed by atoms with E-state index in [1.165, 1.54) is 0 Å². The van der Waals surface area contributed by atoms with E-state index in [1.54, 1.807) is 11.3 Å². The molecule has 0 saturated heterocycles. The minimum atomic E-state index is 0.240. The SMILES string of the molecule is c1ccc2nc(-c3cn4c(COc5ccc6c(c5)OCO6)nnc4s3)ccc2c1. The fourth-order valence-electron chi connectivity index (χ4n) is 3.28. The molecule has 0 radical (unpaired) electrons. The van der Waals surface area contributed by atoms with Gasteiger partial charge in [0.1, 0.15) is 12.4 Å². The maximum absolute atomic E-state index is 5.89. The summed E-state index contributed by atoms with van der Waals surface area (Å²) in [6.07, 6.45) is 2.01. The normalized spacial score (nSPS) is 12.7. The number of rotatable bonds is 4. The summed E-state index contributed by atoms with van der Waals surface area (Å²) in [5.74, 6) is 2.83. The van der Waals surface area contributed by atoms with Crippen LogP contribution < -0.4 is 14.2 Å². The highest BCUT2D eigenvalue weighted by Gasteiger charge is 2.16. The number of pyridine rings is 1. The molecule has 0 spiro atoms. The quantitative estimate of drug-likeness (QED) is 0.446. The molecule has 8 heteroatoms. The minimum absolute atomic E-state index is 0.240. The zero-order valence-electron chi connectivity index (χ0n) is 15.1. The Labute approximate surface area is 169 Å². The molecule has 5 aromatic rings. The summed E-state index contributed by atoms with van der Waals surface area (Å²) >= 11 is 1.55. The van der Waals surface area contributed by atoms with Gasteiger partial charge in [0.05, 0.1) is 16.1 Å². The minimum Gasteiger partial charge on any atom is -0.485 e. The van der Waals surface area contributed by atoms with Crippen molar-refractivity contribution in [3.8, 4) is 27.8 Å². The largest absolute Gasteiger partial charge is 0.485 e. The highest BCUT2D eigenvalue weighted by Crippen LogP contribution is 2.35. The number of hydrogen-bond donors (Lipinski definition) is 0. The van der Waals surface area contributed by atoms with Gasteiger partial charge in [-0.25, -0.2) is 4.98 Å². The Bertz CT molecular complexity index is 1360. The van der Waals surface area contributed by atoms with E-state index >= 15 is 0 Å². The smallest absolute Gasteiger partial charge is 0.231 e. The zero-order chi connectivity index (χ0) is 19.2. The van der Waals surface area contributed by atoms with E-state index in [9.17, 15) is 0 Å². The molecule has 0 N–H and O–H groups in total. The molecule has 142 valence electrons. The van der Waals surface area contributed by atoms with Gasteiger partial charge in [-0.2, -0.15) is 0 Å². The van der Waals surface area contributed by atoms with E-state index < -0.39 is 0 Å². The first kappa shape index (κ1) is 16.3. The van der Waals surface area contributed by atoms with Gasteiger partial charge in [-0.05, 0) is 24.3 Å². The van der Waals surface area contributed by atoms with Gasteiger partial charge >= 0.3 is 0 Å². The van der Waals surface area contributed by atoms with Crippen LogP contribution in [-0.4, -0.2) is 26.4 Å². The van der Waals surface area contributed by atoms with E-state index in [-0.39, 0.29) is 6.79 Å². The van der Waals surface area contributed by atoms with E-state index in [2.05, 4.69) is 22.3 Å². The lowest BCUT2D eigenvalue weighted by Crippen LogP contribution is -2.00. The van der Waals surface area contributed by atoms with Crippen molar-refractivity contribution in [2.45, 2.75) is 6.61 Å². The number of thiazole rings is 1. The molecule has 2 aromatic carbocycles. The Morgan fingerprint density at radius 3 is 2.93 bits per heavy atom. The van der Waals surface area contributed by atoms with E-state index in [1.807, 2.05) is 53.1 Å². The molecule has 7 nitrogen and oxygen atoms in total. The maximum Gasteiger partial charge on any atom is 0.231 e. The lowest BCUT2D eigenvalue weighted by atomic mass is 10.2. The van der Waals surface area contributed by atoms with Crippen LogP contribution in [0.3, 0.4) is 0 Å². The Morgan fingerprint density at radius 2 is 1.93 bits per heavy atom. The number of hydrogen-bond acceptors (Lipinski definition) is 7. The number of fused-ring (bicyclic) bond motifs is 3. The molecule has 29 heavy (non-hydrogen) atoms. The highest BCUT2D eigenvalue weighted by molar-refractivity contribution is 7.20. The van der Waals surface area contributed by atoms with Crippen molar-refractivity contribution in [2.75, 3.05) is 6.79 Å². The van der Waals surface area contributed by atoms with Gasteiger partial charge in [0.15, 0.2) is 17.3 Å². The van der Waals surface area contributed by atoms with E-state index in [0.29, 0.717) is 18.1 Å². The third-order valence-corrected chi connectivity index (χ3v) is 5.74. The van der Waals surface area contributed by atoms with Crippen LogP contribution in [0, 0.1) is 0 Å². The van der Waals surface area contributed by atoms with Crippen LogP contribution in [0.25, 0.3) is 26.4 Å². The van der Waals surface area contributed by atoms with Crippen molar-refractivity contribution in [1.29, 1.82) is 0 Å². The molecular weight excluding hydrogens is 388 g/mol. The molecule has 1 aliphatic heterocycles. The lowest BCUT2D eigenvalue weighted by Gasteiger charge is -2.05. The third kappa shape index (κ3) is 2.85. The molecule has 1 aliphatic rings. The van der Waals surface area contributed by atoms with Gasteiger partial charge < -0.3 is 14.2 Å². The van der Waals surface area contributed by atoms with Crippen molar-refractivity contribution < 1.29 is 14.2 Å². The molecule has 0 atom stereocenters. The molecule has 0 saturated carbocycles. The summed E-state index contributed by atoms with van der Waals surface area (Å²) in [4.78, 5) is 6.61. The van der Waals surface area contributed by atoms with Crippen molar-refractivity contribution >= 4 is 27.2 Å². The first-order valence-corrected chi connectivity index (χ1v) is 9.87. The number of aromatic nitrogens is 4. The summed E-state index contributed by atoms with van der Waals surface area (Å²) in [6, 6.07) is 17.7. The van der Waals surface area contributed by atoms with Crippen LogP contribution in [-0.2, 0) is 6.61 Å². The number of nitrogens with zero attached hydrogens (tertiary/aromatic N) is 4. The van der Waals surface area contributed by atoms with E-state index in [4.69, 9.17) is 19.2 Å². The summed E-state index contributed by atoms with van der Waals surface area (Å²) < 4.78 is 18.5. The molecular formula is C21H14N4O3S. The van der Waals surface area contributed by atoms with Crippen LogP contribution in [0.4, 0.5) is 0 Å². The molecule has 6 rings (SSSR count). The molecule has 3 aromatic heterocycles. The van der Waals surface area contributed by atoms with Gasteiger partial charge in [-0.1, -0.05) is 35.6 Å². The zero-order valence-corrected chi connectivity index (χ0v) is 15.9. The fraction of sp³-hybridized carbons (Fsp3) is 0.0952. The Kier molecular flexibility index (Phi) is 3.63. The second kappa shape index (κ2) is 6.46. The standard InChI is InChI=1S/C21H14N4O3S/c1-2-4-15-13(3-1)5-7-16(22-15)19-10-25-20(23-24-21(25)29-19)11-26-14-6-8-17-18(9-14)28-12-27-17/h1-10H,11-12H2. The third-order valence-electron chi connectivity index (χ3n) is 4.75. The number of ether oxygens (including phenoxy) is 3. The molecule has 4 heterocycles. The molecule has 0 bridgehead atoms. The second-order valence-corrected chi connectivity index (χ2v) is 7.57. The van der Waals surface area contributed by atoms with Crippen LogP contribution in [0.1, 0.15) is 5.82 Å². The van der Waals surface area contributed by atoms with Crippen molar-refractivity contribution in [2.24, 2.45) is 0 Å². The van der Waals surface area contributed by atoms with Crippen molar-refractivity contribution in [3.63, 3.8) is 0 Å². The molecule has 0 unspecified atom stereocenters. The van der Waals surface area contributed by atoms with Crippen molar-refractivity contribution in [3.05, 3.63) is 66.6 Å². The summed E-state index contributed by atoms with van der Waals surface area (Å²) in [6.45, 7) is 0.534. The fourth-order valence-corrected chi connectivity index (χ4v) is 4.19. The summed E-state index contributed by atoms with van der Waals surface area (Å²) in [7, 11) is 0. The van der Waals surface area contributed by atoms with Crippen LogP contribution in [0.5, 0.6) is 17.2 Å². The molecule has 0 fully saturated rings. The summed E-state index contributed by atoms with van der Waals surface area (Å²) in [5, 5.41) is 9.65. The Hall–Kier alpha value is -3.65. The van der Waals surface area contributed by atoms with Gasteiger partial charge in [-0.3, -0.25) is 4.40 Å². The van der Waals surface area contributed by atoms with Gasteiger partial charge in [0, 0.05) is 17.6 Å². The average molecular weight is 402 g/mol. The Balaban J connectivity index is 1.28. The van der Waals surface area contributed by atoms with Crippen LogP contribution in [0.15, 0.2) is 60.8 Å². The van der Waals surface area contributed by atoms with Crippen LogP contribution in [0.2, 0.25) is 0 Å². The predicted octanol–water partition coefficient (Wildman–Crippen LogP) is 4.31. The second-order valence-electron chi connectivity index (χ2n) is 6.56.